The van der Waals surface area contributed by atoms with Gasteiger partial charge in [0.25, 0.3) is 0 Å². The normalized spacial score (nSPS) is 31.7. The average molecular weight is 337 g/mol. The van der Waals surface area contributed by atoms with E-state index in [2.05, 4.69) is 46.5 Å². The minimum Gasteiger partial charge on any atom is -0.414 e. The molecule has 0 unspecified atom stereocenters. The van der Waals surface area contributed by atoms with Crippen molar-refractivity contribution in [3.05, 3.63) is 17.4 Å². The molecule has 2 aliphatic carbocycles. The fraction of sp³-hybridized carbons (Fsp3) is 0.850. The van der Waals surface area contributed by atoms with Crippen molar-refractivity contribution < 1.29 is 9.53 Å². The van der Waals surface area contributed by atoms with E-state index >= 15 is 0 Å². The summed E-state index contributed by atoms with van der Waals surface area (Å²) >= 11 is 0. The first-order valence-corrected chi connectivity index (χ1v) is 12.3. The fourth-order valence-corrected chi connectivity index (χ4v) is 5.52. The third-order valence-corrected chi connectivity index (χ3v) is 11.2. The molecule has 3 heteroatoms. The van der Waals surface area contributed by atoms with Crippen LogP contribution in [-0.2, 0) is 4.43 Å². The Morgan fingerprint density at radius 1 is 1.35 bits per heavy atom. The molecule has 23 heavy (non-hydrogen) atoms. The first-order chi connectivity index (χ1) is 10.6. The van der Waals surface area contributed by atoms with Crippen LogP contribution in [0.5, 0.6) is 0 Å². The van der Waals surface area contributed by atoms with Gasteiger partial charge in [0.2, 0.25) is 0 Å². The van der Waals surface area contributed by atoms with Crippen molar-refractivity contribution in [1.82, 2.24) is 0 Å². The molecule has 0 spiro atoms. The predicted octanol–water partition coefficient (Wildman–Crippen LogP) is 5.44. The molecule has 0 saturated heterocycles. The first kappa shape index (κ1) is 19.0. The number of aliphatic hydroxyl groups excluding tert-OH is 1. The number of rotatable bonds is 4. The second kappa shape index (κ2) is 6.88. The summed E-state index contributed by atoms with van der Waals surface area (Å²) in [5.74, 6) is 0.649. The van der Waals surface area contributed by atoms with Gasteiger partial charge in [0.15, 0.2) is 8.32 Å². The minimum atomic E-state index is -1.71. The Bertz CT molecular complexity index is 482. The van der Waals surface area contributed by atoms with E-state index in [0.29, 0.717) is 18.4 Å². The molecule has 0 aromatic carbocycles. The quantitative estimate of drug-likeness (QED) is 0.547. The van der Waals surface area contributed by atoms with E-state index in [0.717, 1.165) is 6.42 Å². The summed E-state index contributed by atoms with van der Waals surface area (Å²) in [6.07, 6.45) is 9.31. The van der Waals surface area contributed by atoms with E-state index in [9.17, 15) is 0 Å². The zero-order valence-corrected chi connectivity index (χ0v) is 17.0. The fourth-order valence-electron chi connectivity index (χ4n) is 4.13. The zero-order valence-electron chi connectivity index (χ0n) is 16.0. The third-order valence-electron chi connectivity index (χ3n) is 6.65. The molecule has 0 aliphatic heterocycles. The molecule has 0 heterocycles. The second-order valence-corrected chi connectivity index (χ2v) is 14.0. The SMILES string of the molecule is CC(C)(C)[Si](C)(C)O[C@H]1CCC[C@]2(C)C(=C=CCCO)CC[C@@H]12. The molecule has 2 fully saturated rings. The van der Waals surface area contributed by atoms with Crippen LogP contribution in [0, 0.1) is 11.3 Å². The van der Waals surface area contributed by atoms with Gasteiger partial charge in [-0.15, -0.1) is 5.73 Å². The number of hydrogen-bond acceptors (Lipinski definition) is 2. The molecule has 2 saturated carbocycles. The van der Waals surface area contributed by atoms with Gasteiger partial charge in [-0.3, -0.25) is 0 Å². The van der Waals surface area contributed by atoms with Crippen molar-refractivity contribution in [3.63, 3.8) is 0 Å². The molecular formula is C20H36O2Si. The van der Waals surface area contributed by atoms with Crippen molar-refractivity contribution in [1.29, 1.82) is 0 Å². The first-order valence-electron chi connectivity index (χ1n) is 9.35. The number of fused-ring (bicyclic) bond motifs is 1. The summed E-state index contributed by atoms with van der Waals surface area (Å²) < 4.78 is 6.84. The van der Waals surface area contributed by atoms with Crippen molar-refractivity contribution in [2.45, 2.75) is 90.5 Å². The summed E-state index contributed by atoms with van der Waals surface area (Å²) in [7, 11) is -1.71. The van der Waals surface area contributed by atoms with Crippen molar-refractivity contribution >= 4 is 8.32 Å². The summed E-state index contributed by atoms with van der Waals surface area (Å²) in [5, 5.41) is 9.26. The molecular weight excluding hydrogens is 300 g/mol. The van der Waals surface area contributed by atoms with E-state index < -0.39 is 8.32 Å². The Kier molecular flexibility index (Phi) is 5.68. The van der Waals surface area contributed by atoms with Crippen LogP contribution in [0.4, 0.5) is 0 Å². The highest BCUT2D eigenvalue weighted by Crippen LogP contribution is 2.56. The third kappa shape index (κ3) is 3.84. The summed E-state index contributed by atoms with van der Waals surface area (Å²) in [4.78, 5) is 0. The highest BCUT2D eigenvalue weighted by Gasteiger charge is 2.51. The van der Waals surface area contributed by atoms with Gasteiger partial charge in [-0.1, -0.05) is 34.1 Å². The van der Waals surface area contributed by atoms with Gasteiger partial charge in [-0.2, -0.15) is 0 Å². The second-order valence-electron chi connectivity index (χ2n) is 9.21. The number of aliphatic hydroxyl groups is 1. The molecule has 0 aromatic heterocycles. The zero-order chi connectivity index (χ0) is 17.3. The van der Waals surface area contributed by atoms with Crippen LogP contribution in [0.25, 0.3) is 0 Å². The van der Waals surface area contributed by atoms with Gasteiger partial charge >= 0.3 is 0 Å². The lowest BCUT2D eigenvalue weighted by molar-refractivity contribution is 0.0234. The van der Waals surface area contributed by atoms with Crippen LogP contribution in [0.15, 0.2) is 17.4 Å². The largest absolute Gasteiger partial charge is 0.414 e. The predicted molar refractivity (Wildman–Crippen MR) is 100 cm³/mol. The van der Waals surface area contributed by atoms with E-state index in [1.165, 1.54) is 31.3 Å². The Labute approximate surface area is 144 Å². The minimum absolute atomic E-state index is 0.220. The molecule has 0 amide bonds. The van der Waals surface area contributed by atoms with Crippen molar-refractivity contribution in [3.8, 4) is 0 Å². The van der Waals surface area contributed by atoms with Gasteiger partial charge in [-0.05, 0) is 67.8 Å². The highest BCUT2D eigenvalue weighted by atomic mass is 28.4. The maximum atomic E-state index is 8.99. The summed E-state index contributed by atoms with van der Waals surface area (Å²) in [6, 6.07) is 0. The topological polar surface area (TPSA) is 29.5 Å². The molecule has 0 radical (unpaired) electrons. The molecule has 2 nitrogen and oxygen atoms in total. The van der Waals surface area contributed by atoms with Gasteiger partial charge in [0.1, 0.15) is 0 Å². The monoisotopic (exact) mass is 336 g/mol. The molecule has 3 atom stereocenters. The van der Waals surface area contributed by atoms with E-state index in [-0.39, 0.29) is 17.1 Å². The molecule has 0 aromatic rings. The van der Waals surface area contributed by atoms with E-state index in [4.69, 9.17) is 9.53 Å². The van der Waals surface area contributed by atoms with Gasteiger partial charge in [-0.25, -0.2) is 0 Å². The van der Waals surface area contributed by atoms with Crippen LogP contribution in [-0.4, -0.2) is 26.1 Å². The summed E-state index contributed by atoms with van der Waals surface area (Å²) in [5.41, 5.74) is 5.26. The molecule has 2 rings (SSSR count). The van der Waals surface area contributed by atoms with E-state index in [1.807, 2.05) is 6.08 Å². The van der Waals surface area contributed by atoms with Crippen LogP contribution in [0.3, 0.4) is 0 Å². The number of hydrogen-bond donors (Lipinski definition) is 1. The molecule has 2 aliphatic rings. The van der Waals surface area contributed by atoms with Crippen LogP contribution in [0.2, 0.25) is 18.1 Å². The van der Waals surface area contributed by atoms with E-state index in [1.54, 1.807) is 0 Å². The van der Waals surface area contributed by atoms with Crippen LogP contribution >= 0.6 is 0 Å². The van der Waals surface area contributed by atoms with Gasteiger partial charge in [0, 0.05) is 18.1 Å². The van der Waals surface area contributed by atoms with Gasteiger partial charge in [0.05, 0.1) is 0 Å². The van der Waals surface area contributed by atoms with Crippen molar-refractivity contribution in [2.75, 3.05) is 6.61 Å². The summed E-state index contributed by atoms with van der Waals surface area (Å²) in [6.45, 7) is 14.4. The molecule has 0 bridgehead atoms. The Morgan fingerprint density at radius 2 is 2.04 bits per heavy atom. The van der Waals surface area contributed by atoms with Crippen LogP contribution in [0.1, 0.15) is 66.2 Å². The Morgan fingerprint density at radius 3 is 2.65 bits per heavy atom. The van der Waals surface area contributed by atoms with Gasteiger partial charge < -0.3 is 9.53 Å². The lowest BCUT2D eigenvalue weighted by Gasteiger charge is -2.47. The maximum absolute atomic E-state index is 8.99. The standard InChI is InChI=1S/C20H36O2Si/c1-19(2,3)23(5,6)22-18-11-9-14-20(4)16(10-7-8-15-21)12-13-17(18)20/h7,17-18,21H,8-9,11-15H2,1-6H3/t10?,17-,18-,20+/m0/s1. The smallest absolute Gasteiger partial charge is 0.192 e. The maximum Gasteiger partial charge on any atom is 0.192 e. The Balaban J connectivity index is 2.20. The highest BCUT2D eigenvalue weighted by molar-refractivity contribution is 6.74. The lowest BCUT2D eigenvalue weighted by atomic mass is 9.66. The van der Waals surface area contributed by atoms with Crippen LogP contribution < -0.4 is 0 Å². The lowest BCUT2D eigenvalue weighted by Crippen LogP contribution is -2.49. The average Bonchev–Trinajstić information content (AvgIpc) is 2.76. The molecule has 132 valence electrons. The Hall–Kier alpha value is -0.343. The van der Waals surface area contributed by atoms with Crippen molar-refractivity contribution in [2.24, 2.45) is 11.3 Å². The molecule has 1 N–H and O–H groups in total.